The highest BCUT2D eigenvalue weighted by atomic mass is 32.2. The number of hydrogen-bond donors (Lipinski definition) is 1. The van der Waals surface area contributed by atoms with Crippen molar-refractivity contribution in [3.05, 3.63) is 35.4 Å². The van der Waals surface area contributed by atoms with Crippen LogP contribution in [0.25, 0.3) is 0 Å². The number of carbonyl (C=O) groups excluding carboxylic acids is 1. The normalized spacial score (nSPS) is 18.3. The molecule has 1 atom stereocenters. The van der Waals surface area contributed by atoms with Crippen molar-refractivity contribution in [2.24, 2.45) is 5.92 Å². The SMILES string of the molecule is CO[C@@H](CNC(=O)C1CCN(S(C)(=O)=O)CC1)c1ccccc1C. The van der Waals surface area contributed by atoms with E-state index in [1.54, 1.807) is 7.11 Å². The molecular formula is C17H26N2O4S. The number of nitrogens with zero attached hydrogens (tertiary/aromatic N) is 1. The highest BCUT2D eigenvalue weighted by Gasteiger charge is 2.29. The number of ether oxygens (including phenoxy) is 1. The van der Waals surface area contributed by atoms with Gasteiger partial charge in [0, 0.05) is 32.7 Å². The number of piperidine rings is 1. The molecule has 0 radical (unpaired) electrons. The Morgan fingerprint density at radius 1 is 1.33 bits per heavy atom. The van der Waals surface area contributed by atoms with Crippen molar-refractivity contribution in [3.63, 3.8) is 0 Å². The van der Waals surface area contributed by atoms with Crippen LogP contribution in [0, 0.1) is 12.8 Å². The second-order valence-corrected chi connectivity index (χ2v) is 8.24. The summed E-state index contributed by atoms with van der Waals surface area (Å²) in [7, 11) is -1.53. The van der Waals surface area contributed by atoms with Crippen LogP contribution < -0.4 is 5.32 Å². The number of nitrogens with one attached hydrogen (secondary N) is 1. The van der Waals surface area contributed by atoms with Crippen LogP contribution in [0.5, 0.6) is 0 Å². The number of sulfonamides is 1. The lowest BCUT2D eigenvalue weighted by Gasteiger charge is -2.29. The molecule has 0 aromatic heterocycles. The van der Waals surface area contributed by atoms with Crippen molar-refractivity contribution in [1.82, 2.24) is 9.62 Å². The van der Waals surface area contributed by atoms with Gasteiger partial charge >= 0.3 is 0 Å². The minimum Gasteiger partial charge on any atom is -0.375 e. The Balaban J connectivity index is 1.88. The molecule has 134 valence electrons. The predicted molar refractivity (Wildman–Crippen MR) is 93.1 cm³/mol. The Kier molecular flexibility index (Phi) is 6.37. The van der Waals surface area contributed by atoms with Gasteiger partial charge in [-0.1, -0.05) is 24.3 Å². The Hall–Kier alpha value is -1.44. The Bertz CT molecular complexity index is 667. The molecule has 1 aromatic carbocycles. The third-order valence-corrected chi connectivity index (χ3v) is 5.88. The monoisotopic (exact) mass is 354 g/mol. The Labute approximate surface area is 144 Å². The van der Waals surface area contributed by atoms with Gasteiger partial charge in [-0.3, -0.25) is 4.79 Å². The summed E-state index contributed by atoms with van der Waals surface area (Å²) < 4.78 is 30.0. The summed E-state index contributed by atoms with van der Waals surface area (Å²) in [6.45, 7) is 3.24. The van der Waals surface area contributed by atoms with Crippen LogP contribution in [0.4, 0.5) is 0 Å². The lowest BCUT2D eigenvalue weighted by Crippen LogP contribution is -2.43. The van der Waals surface area contributed by atoms with Crippen LogP contribution in [-0.4, -0.2) is 51.6 Å². The molecule has 0 spiro atoms. The van der Waals surface area contributed by atoms with E-state index in [9.17, 15) is 13.2 Å². The minimum absolute atomic E-state index is 0.0289. The number of amides is 1. The zero-order valence-electron chi connectivity index (χ0n) is 14.5. The van der Waals surface area contributed by atoms with E-state index in [1.807, 2.05) is 31.2 Å². The van der Waals surface area contributed by atoms with E-state index in [4.69, 9.17) is 4.74 Å². The topological polar surface area (TPSA) is 75.7 Å². The molecule has 1 amide bonds. The average Bonchev–Trinajstić information content (AvgIpc) is 2.56. The molecule has 0 bridgehead atoms. The van der Waals surface area contributed by atoms with Gasteiger partial charge in [-0.15, -0.1) is 0 Å². The van der Waals surface area contributed by atoms with E-state index in [-0.39, 0.29) is 17.9 Å². The maximum Gasteiger partial charge on any atom is 0.223 e. The number of rotatable bonds is 6. The van der Waals surface area contributed by atoms with Crippen molar-refractivity contribution in [3.8, 4) is 0 Å². The molecule has 1 fully saturated rings. The van der Waals surface area contributed by atoms with Crippen LogP contribution in [0.3, 0.4) is 0 Å². The molecule has 7 heteroatoms. The molecule has 1 N–H and O–H groups in total. The summed E-state index contributed by atoms with van der Waals surface area (Å²) in [5.41, 5.74) is 2.19. The van der Waals surface area contributed by atoms with Gasteiger partial charge in [0.15, 0.2) is 0 Å². The van der Waals surface area contributed by atoms with E-state index < -0.39 is 10.0 Å². The van der Waals surface area contributed by atoms with Crippen molar-refractivity contribution >= 4 is 15.9 Å². The number of methoxy groups -OCH3 is 1. The summed E-state index contributed by atoms with van der Waals surface area (Å²) >= 11 is 0. The quantitative estimate of drug-likeness (QED) is 0.839. The molecule has 1 aliphatic heterocycles. The van der Waals surface area contributed by atoms with Crippen molar-refractivity contribution in [1.29, 1.82) is 0 Å². The third kappa shape index (κ3) is 4.78. The zero-order chi connectivity index (χ0) is 17.7. The summed E-state index contributed by atoms with van der Waals surface area (Å²) in [6.07, 6.45) is 2.13. The fraction of sp³-hybridized carbons (Fsp3) is 0.588. The molecule has 1 heterocycles. The van der Waals surface area contributed by atoms with Crippen LogP contribution in [-0.2, 0) is 19.6 Å². The molecule has 24 heavy (non-hydrogen) atoms. The van der Waals surface area contributed by atoms with Gasteiger partial charge in [0.1, 0.15) is 0 Å². The van der Waals surface area contributed by atoms with Crippen molar-refractivity contribution in [2.75, 3.05) is 33.0 Å². The maximum atomic E-state index is 12.4. The fourth-order valence-corrected chi connectivity index (χ4v) is 3.93. The predicted octanol–water partition coefficient (Wildman–Crippen LogP) is 1.47. The van der Waals surface area contributed by atoms with Crippen LogP contribution in [0.15, 0.2) is 24.3 Å². The zero-order valence-corrected chi connectivity index (χ0v) is 15.3. The second kappa shape index (κ2) is 8.09. The minimum atomic E-state index is -3.16. The number of aryl methyl sites for hydroxylation is 1. The molecular weight excluding hydrogens is 328 g/mol. The van der Waals surface area contributed by atoms with E-state index in [0.717, 1.165) is 11.1 Å². The molecule has 1 saturated heterocycles. The molecule has 0 unspecified atom stereocenters. The molecule has 0 saturated carbocycles. The van der Waals surface area contributed by atoms with Gasteiger partial charge in [0.25, 0.3) is 0 Å². The fourth-order valence-electron chi connectivity index (χ4n) is 3.06. The van der Waals surface area contributed by atoms with Gasteiger partial charge in [0.05, 0.1) is 12.4 Å². The highest BCUT2D eigenvalue weighted by molar-refractivity contribution is 7.88. The third-order valence-electron chi connectivity index (χ3n) is 4.58. The number of benzene rings is 1. The summed E-state index contributed by atoms with van der Waals surface area (Å²) in [4.78, 5) is 12.4. The van der Waals surface area contributed by atoms with Crippen molar-refractivity contribution < 1.29 is 17.9 Å². The maximum absolute atomic E-state index is 12.4. The summed E-state index contributed by atoms with van der Waals surface area (Å²) in [6, 6.07) is 7.95. The number of hydrogen-bond acceptors (Lipinski definition) is 4. The van der Waals surface area contributed by atoms with E-state index in [2.05, 4.69) is 5.32 Å². The largest absolute Gasteiger partial charge is 0.375 e. The van der Waals surface area contributed by atoms with Crippen LogP contribution in [0.1, 0.15) is 30.1 Å². The molecule has 1 aromatic rings. The van der Waals surface area contributed by atoms with Gasteiger partial charge < -0.3 is 10.1 Å². The van der Waals surface area contributed by atoms with Gasteiger partial charge in [0.2, 0.25) is 15.9 Å². The molecule has 6 nitrogen and oxygen atoms in total. The first-order valence-electron chi connectivity index (χ1n) is 8.14. The second-order valence-electron chi connectivity index (χ2n) is 6.26. The first-order chi connectivity index (χ1) is 11.3. The molecule has 1 aliphatic rings. The standard InChI is InChI=1S/C17H26N2O4S/c1-13-6-4-5-7-15(13)16(23-2)12-18-17(20)14-8-10-19(11-9-14)24(3,21)22/h4-7,14,16H,8-12H2,1-3H3,(H,18,20)/t16-/m0/s1. The first kappa shape index (κ1) is 18.9. The van der Waals surface area contributed by atoms with Crippen molar-refractivity contribution in [2.45, 2.75) is 25.9 Å². The summed E-state index contributed by atoms with van der Waals surface area (Å²) in [5.74, 6) is -0.170. The number of carbonyl (C=O) groups is 1. The lowest BCUT2D eigenvalue weighted by atomic mass is 9.97. The molecule has 0 aliphatic carbocycles. The van der Waals surface area contributed by atoms with Gasteiger partial charge in [-0.2, -0.15) is 0 Å². The lowest BCUT2D eigenvalue weighted by molar-refractivity contribution is -0.126. The van der Waals surface area contributed by atoms with Gasteiger partial charge in [-0.05, 0) is 30.9 Å². The van der Waals surface area contributed by atoms with Gasteiger partial charge in [-0.25, -0.2) is 12.7 Å². The van der Waals surface area contributed by atoms with Crippen LogP contribution >= 0.6 is 0 Å². The molecule has 2 rings (SSSR count). The van der Waals surface area contributed by atoms with E-state index in [0.29, 0.717) is 32.5 Å². The van der Waals surface area contributed by atoms with E-state index in [1.165, 1.54) is 10.6 Å². The van der Waals surface area contributed by atoms with Crippen LogP contribution in [0.2, 0.25) is 0 Å². The average molecular weight is 354 g/mol. The first-order valence-corrected chi connectivity index (χ1v) is 9.99. The highest BCUT2D eigenvalue weighted by Crippen LogP contribution is 2.22. The Morgan fingerprint density at radius 2 is 1.96 bits per heavy atom. The Morgan fingerprint density at radius 3 is 2.50 bits per heavy atom. The smallest absolute Gasteiger partial charge is 0.223 e. The van der Waals surface area contributed by atoms with E-state index >= 15 is 0 Å². The summed E-state index contributed by atoms with van der Waals surface area (Å²) in [5, 5.41) is 2.95.